The van der Waals surface area contributed by atoms with Gasteiger partial charge in [0.15, 0.2) is 0 Å². The summed E-state index contributed by atoms with van der Waals surface area (Å²) < 4.78 is 0. The molecule has 1 aliphatic rings. The molecular weight excluding hydrogens is 500 g/mol. The summed E-state index contributed by atoms with van der Waals surface area (Å²) in [5, 5.41) is 26.3. The molecule has 1 saturated heterocycles. The van der Waals surface area contributed by atoms with E-state index in [1.807, 2.05) is 13.8 Å². The molecule has 1 heterocycles. The number of likely N-dealkylation sites (tertiary alicyclic amines) is 1. The molecular formula is C24H42N6O8. The van der Waals surface area contributed by atoms with Gasteiger partial charge in [-0.1, -0.05) is 27.7 Å². The van der Waals surface area contributed by atoms with Crippen LogP contribution >= 0.6 is 0 Å². The Morgan fingerprint density at radius 2 is 1.58 bits per heavy atom. The van der Waals surface area contributed by atoms with Gasteiger partial charge in [0.2, 0.25) is 29.5 Å². The molecule has 38 heavy (non-hydrogen) atoms. The van der Waals surface area contributed by atoms with Crippen molar-refractivity contribution in [3.05, 3.63) is 0 Å². The molecule has 5 atom stereocenters. The standard InChI is InChI=1S/C24H42N6O8/c1-12(2)10-15(20(33)28-16(11-31)21(34)29-19(13(3)4)24(37)38)27-22(35)17-6-5-9-30(17)23(36)14(25)7-8-18(26)32/h12-17,19,31H,5-11,25H2,1-4H3,(H2,26,32)(H,27,35)(H,28,33)(H,29,34)(H,37,38)/t14-,15-,16-,17-,19-/m0/s1. The van der Waals surface area contributed by atoms with E-state index in [9.17, 15) is 39.0 Å². The molecule has 0 bridgehead atoms. The maximum atomic E-state index is 13.1. The number of hydrogen-bond acceptors (Lipinski definition) is 8. The van der Waals surface area contributed by atoms with Crippen molar-refractivity contribution in [2.24, 2.45) is 23.3 Å². The van der Waals surface area contributed by atoms with Crippen LogP contribution in [-0.2, 0) is 28.8 Å². The number of primary amides is 1. The van der Waals surface area contributed by atoms with Crippen LogP contribution in [0.1, 0.15) is 59.8 Å². The van der Waals surface area contributed by atoms with Crippen LogP contribution in [0.3, 0.4) is 0 Å². The van der Waals surface area contributed by atoms with E-state index in [4.69, 9.17) is 11.5 Å². The van der Waals surface area contributed by atoms with Crippen molar-refractivity contribution in [3.8, 4) is 0 Å². The Labute approximate surface area is 222 Å². The van der Waals surface area contributed by atoms with E-state index in [-0.39, 0.29) is 31.7 Å². The number of hydrogen-bond donors (Lipinski definition) is 7. The summed E-state index contributed by atoms with van der Waals surface area (Å²) in [6.45, 7) is 6.34. The predicted molar refractivity (Wildman–Crippen MR) is 136 cm³/mol. The summed E-state index contributed by atoms with van der Waals surface area (Å²) in [4.78, 5) is 75.3. The molecule has 1 fully saturated rings. The molecule has 14 heteroatoms. The summed E-state index contributed by atoms with van der Waals surface area (Å²) in [5.74, 6) is -5.04. The van der Waals surface area contributed by atoms with Crippen LogP contribution in [0.4, 0.5) is 0 Å². The lowest BCUT2D eigenvalue weighted by Gasteiger charge is -2.29. The number of nitrogens with zero attached hydrogens (tertiary/aromatic N) is 1. The molecule has 1 aliphatic heterocycles. The first-order chi connectivity index (χ1) is 17.7. The van der Waals surface area contributed by atoms with Gasteiger partial charge in [-0.05, 0) is 37.5 Å². The number of aliphatic hydroxyl groups is 1. The summed E-state index contributed by atoms with van der Waals surface area (Å²) in [5.41, 5.74) is 11.0. The lowest BCUT2D eigenvalue weighted by atomic mass is 10.0. The Kier molecular flexibility index (Phi) is 13.1. The monoisotopic (exact) mass is 542 g/mol. The van der Waals surface area contributed by atoms with Crippen molar-refractivity contribution in [3.63, 3.8) is 0 Å². The average molecular weight is 543 g/mol. The number of carbonyl (C=O) groups is 6. The van der Waals surface area contributed by atoms with Crippen molar-refractivity contribution in [1.29, 1.82) is 0 Å². The highest BCUT2D eigenvalue weighted by Crippen LogP contribution is 2.20. The van der Waals surface area contributed by atoms with Crippen LogP contribution in [0, 0.1) is 11.8 Å². The normalized spacial score (nSPS) is 18.4. The Hall–Kier alpha value is -3.26. The lowest BCUT2D eigenvalue weighted by Crippen LogP contribution is -2.59. The zero-order valence-corrected chi connectivity index (χ0v) is 22.4. The molecule has 0 saturated carbocycles. The number of carboxylic acids is 1. The number of rotatable bonds is 15. The minimum atomic E-state index is -1.44. The van der Waals surface area contributed by atoms with Crippen molar-refractivity contribution in [1.82, 2.24) is 20.9 Å². The molecule has 0 unspecified atom stereocenters. The summed E-state index contributed by atoms with van der Waals surface area (Å²) in [6.07, 6.45) is 1.06. The molecule has 0 aliphatic carbocycles. The highest BCUT2D eigenvalue weighted by atomic mass is 16.4. The van der Waals surface area contributed by atoms with Gasteiger partial charge in [-0.3, -0.25) is 24.0 Å². The molecule has 14 nitrogen and oxygen atoms in total. The second kappa shape index (κ2) is 15.2. The molecule has 216 valence electrons. The second-order valence-corrected chi connectivity index (χ2v) is 10.3. The molecule has 0 aromatic rings. The van der Waals surface area contributed by atoms with Crippen LogP contribution < -0.4 is 27.4 Å². The van der Waals surface area contributed by atoms with Gasteiger partial charge in [0.25, 0.3) is 0 Å². The minimum absolute atomic E-state index is 0.0432. The Bertz CT molecular complexity index is 880. The SMILES string of the molecule is CC(C)C[C@H](NC(=O)[C@@H]1CCCN1C(=O)[C@@H](N)CCC(N)=O)C(=O)N[C@@H](CO)C(=O)N[C@H](C(=O)O)C(C)C. The van der Waals surface area contributed by atoms with E-state index in [2.05, 4.69) is 16.0 Å². The fourth-order valence-electron chi connectivity index (χ4n) is 4.14. The van der Waals surface area contributed by atoms with Gasteiger partial charge in [-0.2, -0.15) is 0 Å². The highest BCUT2D eigenvalue weighted by Gasteiger charge is 2.38. The van der Waals surface area contributed by atoms with Crippen molar-refractivity contribution in [2.45, 2.75) is 90.0 Å². The number of amides is 5. The molecule has 0 spiro atoms. The van der Waals surface area contributed by atoms with Gasteiger partial charge in [-0.25, -0.2) is 4.79 Å². The minimum Gasteiger partial charge on any atom is -0.480 e. The van der Waals surface area contributed by atoms with Crippen LogP contribution in [0.25, 0.3) is 0 Å². The molecule has 0 aromatic heterocycles. The molecule has 9 N–H and O–H groups in total. The molecule has 1 rings (SSSR count). The fourth-order valence-corrected chi connectivity index (χ4v) is 4.14. The number of nitrogens with two attached hydrogens (primary N) is 2. The maximum absolute atomic E-state index is 13.1. The molecule has 0 radical (unpaired) electrons. The molecule has 0 aromatic carbocycles. The average Bonchev–Trinajstić information content (AvgIpc) is 3.32. The highest BCUT2D eigenvalue weighted by molar-refractivity contribution is 5.95. The lowest BCUT2D eigenvalue weighted by molar-refractivity contribution is -0.144. The summed E-state index contributed by atoms with van der Waals surface area (Å²) in [6, 6.07) is -5.63. The van der Waals surface area contributed by atoms with Crippen LogP contribution in [0.5, 0.6) is 0 Å². The fraction of sp³-hybridized carbons (Fsp3) is 0.750. The van der Waals surface area contributed by atoms with E-state index in [1.54, 1.807) is 13.8 Å². The van der Waals surface area contributed by atoms with Gasteiger partial charge < -0.3 is 42.5 Å². The smallest absolute Gasteiger partial charge is 0.326 e. The second-order valence-electron chi connectivity index (χ2n) is 10.3. The predicted octanol–water partition coefficient (Wildman–Crippen LogP) is -2.20. The van der Waals surface area contributed by atoms with E-state index in [0.717, 1.165) is 0 Å². The van der Waals surface area contributed by atoms with Crippen molar-refractivity contribution < 1.29 is 39.0 Å². The summed E-state index contributed by atoms with van der Waals surface area (Å²) >= 11 is 0. The van der Waals surface area contributed by atoms with E-state index in [0.29, 0.717) is 12.8 Å². The largest absolute Gasteiger partial charge is 0.480 e. The van der Waals surface area contributed by atoms with Gasteiger partial charge in [0.05, 0.1) is 12.6 Å². The van der Waals surface area contributed by atoms with Gasteiger partial charge in [0, 0.05) is 13.0 Å². The zero-order valence-electron chi connectivity index (χ0n) is 22.4. The van der Waals surface area contributed by atoms with Gasteiger partial charge in [0.1, 0.15) is 24.2 Å². The summed E-state index contributed by atoms with van der Waals surface area (Å²) in [7, 11) is 0. The molecule has 5 amide bonds. The third-order valence-electron chi connectivity index (χ3n) is 6.24. The Balaban J connectivity index is 2.94. The van der Waals surface area contributed by atoms with Gasteiger partial charge >= 0.3 is 5.97 Å². The van der Waals surface area contributed by atoms with Crippen LogP contribution in [0.15, 0.2) is 0 Å². The number of nitrogens with one attached hydrogen (secondary N) is 3. The van der Waals surface area contributed by atoms with E-state index >= 15 is 0 Å². The quantitative estimate of drug-likeness (QED) is 0.119. The topological polar surface area (TPSA) is 234 Å². The third-order valence-corrected chi connectivity index (χ3v) is 6.24. The number of aliphatic hydroxyl groups excluding tert-OH is 1. The number of carbonyl (C=O) groups excluding carboxylic acids is 5. The third kappa shape index (κ3) is 9.89. The first kappa shape index (κ1) is 32.8. The van der Waals surface area contributed by atoms with Crippen LogP contribution in [0.2, 0.25) is 0 Å². The number of aliphatic carboxylic acids is 1. The zero-order chi connectivity index (χ0) is 29.2. The first-order valence-corrected chi connectivity index (χ1v) is 12.8. The van der Waals surface area contributed by atoms with Crippen molar-refractivity contribution in [2.75, 3.05) is 13.2 Å². The van der Waals surface area contributed by atoms with Crippen LogP contribution in [-0.4, -0.2) is 94.0 Å². The number of carboxylic acid groups (broad SMARTS) is 1. The first-order valence-electron chi connectivity index (χ1n) is 12.8. The maximum Gasteiger partial charge on any atom is 0.326 e. The van der Waals surface area contributed by atoms with Crippen molar-refractivity contribution >= 4 is 35.5 Å². The van der Waals surface area contributed by atoms with Gasteiger partial charge in [-0.15, -0.1) is 0 Å². The van der Waals surface area contributed by atoms with E-state index in [1.165, 1.54) is 4.90 Å². The Morgan fingerprint density at radius 1 is 0.974 bits per heavy atom. The van der Waals surface area contributed by atoms with E-state index < -0.39 is 78.2 Å². The Morgan fingerprint density at radius 3 is 2.08 bits per heavy atom.